The van der Waals surface area contributed by atoms with Crippen molar-refractivity contribution >= 4 is 17.4 Å². The minimum absolute atomic E-state index is 0.553. The van der Waals surface area contributed by atoms with Gasteiger partial charge in [-0.15, -0.1) is 0 Å². The average Bonchev–Trinajstić information content (AvgIpc) is 2.15. The number of pyridine rings is 1. The highest BCUT2D eigenvalue weighted by molar-refractivity contribution is 6.32. The Bertz CT molecular complexity index is 325. The Morgan fingerprint density at radius 1 is 1.60 bits per heavy atom. The number of anilines is 1. The van der Waals surface area contributed by atoms with Gasteiger partial charge in [0.05, 0.1) is 11.1 Å². The normalized spacial score (nSPS) is 16.1. The van der Waals surface area contributed by atoms with Crippen LogP contribution < -0.4 is 10.2 Å². The smallest absolute Gasteiger partial charge is 0.147 e. The number of aromatic nitrogens is 1. The molecule has 0 amide bonds. The van der Waals surface area contributed by atoms with Crippen molar-refractivity contribution in [2.24, 2.45) is 0 Å². The molecule has 1 aliphatic heterocycles. The van der Waals surface area contributed by atoms with Crippen LogP contribution in [-0.4, -0.2) is 30.7 Å². The van der Waals surface area contributed by atoms with E-state index in [4.69, 9.17) is 11.6 Å². The molecule has 2 rings (SSSR count). The Morgan fingerprint density at radius 2 is 2.40 bits per heavy atom. The molecule has 1 fully saturated rings. The molecule has 0 saturated carbocycles. The lowest BCUT2D eigenvalue weighted by molar-refractivity contribution is 0.410. The molecule has 1 aliphatic rings. The van der Waals surface area contributed by atoms with Crippen LogP contribution in [0.2, 0.25) is 5.02 Å². The van der Waals surface area contributed by atoms with Crippen molar-refractivity contribution in [2.75, 3.05) is 24.5 Å². The molecule has 1 N–H and O–H groups in total. The van der Waals surface area contributed by atoms with E-state index in [1.54, 1.807) is 6.20 Å². The van der Waals surface area contributed by atoms with E-state index >= 15 is 0 Å². The zero-order valence-electron chi connectivity index (χ0n) is 8.91. The van der Waals surface area contributed by atoms with E-state index in [1.807, 2.05) is 12.1 Å². The summed E-state index contributed by atoms with van der Waals surface area (Å²) in [4.78, 5) is 6.67. The number of hydrogen-bond acceptors (Lipinski definition) is 3. The molecule has 0 atom stereocenters. The number of nitrogens with one attached hydrogen (secondary N) is 1. The van der Waals surface area contributed by atoms with E-state index in [2.05, 4.69) is 22.1 Å². The van der Waals surface area contributed by atoms with Crippen LogP contribution in [0.3, 0.4) is 0 Å². The fraction of sp³-hybridized carbons (Fsp3) is 0.545. The van der Waals surface area contributed by atoms with E-state index in [0.717, 1.165) is 36.9 Å². The highest BCUT2D eigenvalue weighted by atomic mass is 35.5. The zero-order valence-corrected chi connectivity index (χ0v) is 9.67. The van der Waals surface area contributed by atoms with Gasteiger partial charge in [0, 0.05) is 25.8 Å². The summed E-state index contributed by atoms with van der Waals surface area (Å²) in [6, 6.07) is 4.32. The molecular weight excluding hydrogens is 210 g/mol. The second kappa shape index (κ2) is 4.81. The van der Waals surface area contributed by atoms with Crippen LogP contribution >= 0.6 is 11.6 Å². The van der Waals surface area contributed by atoms with Gasteiger partial charge in [0.25, 0.3) is 0 Å². The molecule has 1 saturated heterocycles. The van der Waals surface area contributed by atoms with Gasteiger partial charge in [-0.3, -0.25) is 0 Å². The van der Waals surface area contributed by atoms with Crippen LogP contribution in [0.1, 0.15) is 13.3 Å². The Balaban J connectivity index is 2.19. The summed E-state index contributed by atoms with van der Waals surface area (Å²) in [5.74, 6) is 0.924. The van der Waals surface area contributed by atoms with Crippen molar-refractivity contribution in [1.29, 1.82) is 0 Å². The monoisotopic (exact) mass is 225 g/mol. The van der Waals surface area contributed by atoms with Crippen LogP contribution in [0.25, 0.3) is 0 Å². The van der Waals surface area contributed by atoms with Gasteiger partial charge >= 0.3 is 0 Å². The summed E-state index contributed by atoms with van der Waals surface area (Å²) >= 11 is 6.16. The molecule has 0 aromatic carbocycles. The molecular formula is C11H16ClN3. The topological polar surface area (TPSA) is 28.2 Å². The van der Waals surface area contributed by atoms with Gasteiger partial charge in [-0.05, 0) is 18.6 Å². The molecule has 1 aromatic heterocycles. The van der Waals surface area contributed by atoms with E-state index in [1.165, 1.54) is 0 Å². The standard InChI is InChI=1S/C11H16ClN3/c1-2-6-15(9-7-13-8-9)11-10(12)4-3-5-14-11/h3-5,9,13H,2,6-8H2,1H3. The summed E-state index contributed by atoms with van der Waals surface area (Å²) in [6.45, 7) is 5.26. The summed E-state index contributed by atoms with van der Waals surface area (Å²) in [5.41, 5.74) is 0. The summed E-state index contributed by atoms with van der Waals surface area (Å²) in [6.07, 6.45) is 2.92. The third-order valence-corrected chi connectivity index (χ3v) is 2.97. The zero-order chi connectivity index (χ0) is 10.7. The highest BCUT2D eigenvalue weighted by Crippen LogP contribution is 2.25. The fourth-order valence-electron chi connectivity index (χ4n) is 1.78. The predicted molar refractivity (Wildman–Crippen MR) is 63.5 cm³/mol. The third-order valence-electron chi connectivity index (χ3n) is 2.68. The van der Waals surface area contributed by atoms with Crippen LogP contribution in [0.4, 0.5) is 5.82 Å². The Kier molecular flexibility index (Phi) is 3.44. The van der Waals surface area contributed by atoms with E-state index < -0.39 is 0 Å². The summed E-state index contributed by atoms with van der Waals surface area (Å²) in [7, 11) is 0. The van der Waals surface area contributed by atoms with Crippen molar-refractivity contribution in [2.45, 2.75) is 19.4 Å². The Morgan fingerprint density at radius 3 is 2.93 bits per heavy atom. The maximum Gasteiger partial charge on any atom is 0.147 e. The van der Waals surface area contributed by atoms with Crippen LogP contribution in [0, 0.1) is 0 Å². The first-order chi connectivity index (χ1) is 7.33. The second-order valence-corrected chi connectivity index (χ2v) is 4.22. The Hall–Kier alpha value is -0.800. The summed E-state index contributed by atoms with van der Waals surface area (Å²) in [5, 5.41) is 4.02. The van der Waals surface area contributed by atoms with Gasteiger partial charge in [-0.1, -0.05) is 18.5 Å². The van der Waals surface area contributed by atoms with Gasteiger partial charge in [0.2, 0.25) is 0 Å². The fourth-order valence-corrected chi connectivity index (χ4v) is 2.01. The molecule has 0 bridgehead atoms. The minimum Gasteiger partial charge on any atom is -0.350 e. The molecule has 2 heterocycles. The lowest BCUT2D eigenvalue weighted by Gasteiger charge is -2.39. The highest BCUT2D eigenvalue weighted by Gasteiger charge is 2.26. The number of nitrogens with zero attached hydrogens (tertiary/aromatic N) is 2. The van der Waals surface area contributed by atoms with Crippen LogP contribution in [-0.2, 0) is 0 Å². The Labute approximate surface area is 95.4 Å². The molecule has 0 aliphatic carbocycles. The van der Waals surface area contributed by atoms with Gasteiger partial charge in [-0.2, -0.15) is 0 Å². The second-order valence-electron chi connectivity index (χ2n) is 3.81. The van der Waals surface area contributed by atoms with Gasteiger partial charge in [-0.25, -0.2) is 4.98 Å². The maximum absolute atomic E-state index is 6.16. The SMILES string of the molecule is CCCN(c1ncccc1Cl)C1CNC1. The van der Waals surface area contributed by atoms with Crippen LogP contribution in [0.15, 0.2) is 18.3 Å². The lowest BCUT2D eigenvalue weighted by Crippen LogP contribution is -2.57. The first-order valence-electron chi connectivity index (χ1n) is 5.40. The number of rotatable bonds is 4. The lowest BCUT2D eigenvalue weighted by atomic mass is 10.1. The quantitative estimate of drug-likeness (QED) is 0.849. The largest absolute Gasteiger partial charge is 0.350 e. The van der Waals surface area contributed by atoms with Crippen molar-refractivity contribution in [3.8, 4) is 0 Å². The first-order valence-corrected chi connectivity index (χ1v) is 5.78. The maximum atomic E-state index is 6.16. The molecule has 0 radical (unpaired) electrons. The molecule has 82 valence electrons. The van der Waals surface area contributed by atoms with E-state index in [0.29, 0.717) is 6.04 Å². The number of hydrogen-bond donors (Lipinski definition) is 1. The van der Waals surface area contributed by atoms with Gasteiger partial charge in [0.15, 0.2) is 0 Å². The van der Waals surface area contributed by atoms with Crippen molar-refractivity contribution in [3.05, 3.63) is 23.4 Å². The van der Waals surface area contributed by atoms with Crippen molar-refractivity contribution in [1.82, 2.24) is 10.3 Å². The van der Waals surface area contributed by atoms with E-state index in [-0.39, 0.29) is 0 Å². The molecule has 0 spiro atoms. The average molecular weight is 226 g/mol. The minimum atomic E-state index is 0.553. The molecule has 4 heteroatoms. The summed E-state index contributed by atoms with van der Waals surface area (Å²) < 4.78 is 0. The molecule has 0 unspecified atom stereocenters. The molecule has 1 aromatic rings. The van der Waals surface area contributed by atoms with Crippen molar-refractivity contribution in [3.63, 3.8) is 0 Å². The number of halogens is 1. The van der Waals surface area contributed by atoms with Gasteiger partial charge < -0.3 is 10.2 Å². The van der Waals surface area contributed by atoms with Crippen molar-refractivity contribution < 1.29 is 0 Å². The van der Waals surface area contributed by atoms with Crippen LogP contribution in [0.5, 0.6) is 0 Å². The predicted octanol–water partition coefficient (Wildman–Crippen LogP) is 1.92. The molecule has 15 heavy (non-hydrogen) atoms. The van der Waals surface area contributed by atoms with E-state index in [9.17, 15) is 0 Å². The first kappa shape index (κ1) is 10.7. The van der Waals surface area contributed by atoms with Gasteiger partial charge in [0.1, 0.15) is 5.82 Å². The third kappa shape index (κ3) is 2.24. The molecule has 3 nitrogen and oxygen atoms in total.